The summed E-state index contributed by atoms with van der Waals surface area (Å²) in [6, 6.07) is 10.4. The molecule has 24 heavy (non-hydrogen) atoms. The molecular weight excluding hydrogens is 302 g/mol. The molecule has 0 saturated carbocycles. The van der Waals surface area contributed by atoms with Crippen LogP contribution in [0.1, 0.15) is 52.0 Å². The molecule has 1 unspecified atom stereocenters. The summed E-state index contributed by atoms with van der Waals surface area (Å²) in [7, 11) is 0. The van der Waals surface area contributed by atoms with Gasteiger partial charge in [-0.15, -0.1) is 0 Å². The maximum absolute atomic E-state index is 12.3. The molecule has 0 radical (unpaired) electrons. The van der Waals surface area contributed by atoms with Crippen molar-refractivity contribution in [1.29, 1.82) is 0 Å². The Bertz CT molecular complexity index is 523. The van der Waals surface area contributed by atoms with Crippen LogP contribution in [-0.4, -0.2) is 41.4 Å². The number of hydrogen-bond donors (Lipinski definition) is 1. The lowest BCUT2D eigenvalue weighted by Gasteiger charge is -2.42. The average Bonchev–Trinajstić information content (AvgIpc) is 2.54. The lowest BCUT2D eigenvalue weighted by Crippen LogP contribution is -2.49. The fourth-order valence-electron chi connectivity index (χ4n) is 3.41. The second-order valence-electron chi connectivity index (χ2n) is 8.00. The highest BCUT2D eigenvalue weighted by Gasteiger charge is 2.37. The van der Waals surface area contributed by atoms with E-state index in [1.165, 1.54) is 5.56 Å². The second-order valence-corrected chi connectivity index (χ2v) is 8.00. The van der Waals surface area contributed by atoms with Gasteiger partial charge >= 0.3 is 6.09 Å². The Morgan fingerprint density at radius 1 is 1.29 bits per heavy atom. The van der Waals surface area contributed by atoms with Crippen LogP contribution in [0.25, 0.3) is 0 Å². The van der Waals surface area contributed by atoms with Gasteiger partial charge in [-0.05, 0) is 58.4 Å². The predicted octanol–water partition coefficient (Wildman–Crippen LogP) is 4.02. The monoisotopic (exact) mass is 333 g/mol. The normalized spacial score (nSPS) is 21.6. The van der Waals surface area contributed by atoms with Crippen molar-refractivity contribution in [3.63, 3.8) is 0 Å². The summed E-state index contributed by atoms with van der Waals surface area (Å²) in [5.74, 6) is 0. The van der Waals surface area contributed by atoms with Crippen molar-refractivity contribution in [2.75, 3.05) is 19.7 Å². The molecule has 1 aromatic carbocycles. The van der Waals surface area contributed by atoms with Crippen LogP contribution in [0.5, 0.6) is 0 Å². The first-order valence-corrected chi connectivity index (χ1v) is 8.96. The number of hydrogen-bond acceptors (Lipinski definition) is 3. The molecule has 0 aromatic heterocycles. The maximum atomic E-state index is 12.3. The van der Waals surface area contributed by atoms with Gasteiger partial charge in [-0.25, -0.2) is 4.79 Å². The number of aryl methyl sites for hydroxylation is 1. The molecular formula is C20H31NO3. The highest BCUT2D eigenvalue weighted by molar-refractivity contribution is 5.68. The molecule has 0 aliphatic carbocycles. The number of benzene rings is 1. The van der Waals surface area contributed by atoms with Gasteiger partial charge < -0.3 is 14.7 Å². The number of carbonyl (C=O) groups is 1. The number of nitrogens with zero attached hydrogens (tertiary/aromatic N) is 1. The summed E-state index contributed by atoms with van der Waals surface area (Å²) >= 11 is 0. The molecule has 134 valence electrons. The molecule has 0 bridgehead atoms. The lowest BCUT2D eigenvalue weighted by molar-refractivity contribution is -0.0116. The van der Waals surface area contributed by atoms with Crippen LogP contribution in [-0.2, 0) is 11.2 Å². The summed E-state index contributed by atoms with van der Waals surface area (Å²) in [5, 5.41) is 9.99. The molecule has 1 atom stereocenters. The molecule has 2 rings (SSSR count). The van der Waals surface area contributed by atoms with Crippen molar-refractivity contribution < 1.29 is 14.6 Å². The smallest absolute Gasteiger partial charge is 0.410 e. The van der Waals surface area contributed by atoms with Gasteiger partial charge in [-0.2, -0.15) is 0 Å². The van der Waals surface area contributed by atoms with Crippen LogP contribution in [0.4, 0.5) is 4.79 Å². The number of rotatable bonds is 5. The van der Waals surface area contributed by atoms with Crippen LogP contribution in [0.15, 0.2) is 30.3 Å². The highest BCUT2D eigenvalue weighted by atomic mass is 16.6. The van der Waals surface area contributed by atoms with Crippen molar-refractivity contribution in [2.24, 2.45) is 5.41 Å². The van der Waals surface area contributed by atoms with Crippen molar-refractivity contribution in [2.45, 2.75) is 58.5 Å². The Morgan fingerprint density at radius 2 is 2.00 bits per heavy atom. The molecule has 1 amide bonds. The Hall–Kier alpha value is -1.55. The summed E-state index contributed by atoms with van der Waals surface area (Å²) in [6.45, 7) is 7.08. The molecule has 1 N–H and O–H groups in total. The first-order valence-electron chi connectivity index (χ1n) is 8.96. The van der Waals surface area contributed by atoms with Crippen molar-refractivity contribution in [3.8, 4) is 0 Å². The minimum atomic E-state index is -0.482. The summed E-state index contributed by atoms with van der Waals surface area (Å²) in [6.07, 6.45) is 4.59. The van der Waals surface area contributed by atoms with Crippen LogP contribution in [0.3, 0.4) is 0 Å². The highest BCUT2D eigenvalue weighted by Crippen LogP contribution is 2.35. The second kappa shape index (κ2) is 8.02. The number of piperidine rings is 1. The zero-order chi connectivity index (χ0) is 17.6. The van der Waals surface area contributed by atoms with Gasteiger partial charge in [0.2, 0.25) is 0 Å². The Morgan fingerprint density at radius 3 is 2.62 bits per heavy atom. The Labute approximate surface area is 145 Å². The quantitative estimate of drug-likeness (QED) is 0.885. The minimum absolute atomic E-state index is 0.126. The molecule has 1 aliphatic heterocycles. The third kappa shape index (κ3) is 5.52. The summed E-state index contributed by atoms with van der Waals surface area (Å²) < 4.78 is 5.49. The van der Waals surface area contributed by atoms with E-state index in [4.69, 9.17) is 4.74 Å². The van der Waals surface area contributed by atoms with E-state index in [9.17, 15) is 9.90 Å². The number of carbonyl (C=O) groups excluding carboxylic acids is 1. The van der Waals surface area contributed by atoms with Gasteiger partial charge in [0.1, 0.15) is 5.60 Å². The SMILES string of the molecule is CC(C)(C)OC(=O)N1CCCC(CO)(CCCc2ccccc2)C1. The van der Waals surface area contributed by atoms with E-state index in [0.29, 0.717) is 6.54 Å². The number of aliphatic hydroxyl groups excluding tert-OH is 1. The number of ether oxygens (including phenoxy) is 1. The zero-order valence-corrected chi connectivity index (χ0v) is 15.3. The van der Waals surface area contributed by atoms with E-state index in [2.05, 4.69) is 24.3 Å². The number of aliphatic hydroxyl groups is 1. The lowest BCUT2D eigenvalue weighted by atomic mass is 9.76. The van der Waals surface area contributed by atoms with Crippen LogP contribution < -0.4 is 0 Å². The third-order valence-electron chi connectivity index (χ3n) is 4.66. The molecule has 1 aliphatic rings. The van der Waals surface area contributed by atoms with Crippen molar-refractivity contribution in [1.82, 2.24) is 4.90 Å². The number of likely N-dealkylation sites (tertiary alicyclic amines) is 1. The van der Waals surface area contributed by atoms with E-state index in [1.54, 1.807) is 4.90 Å². The van der Waals surface area contributed by atoms with Crippen LogP contribution >= 0.6 is 0 Å². The molecule has 1 heterocycles. The van der Waals surface area contributed by atoms with Gasteiger partial charge in [0.25, 0.3) is 0 Å². The van der Waals surface area contributed by atoms with E-state index in [-0.39, 0.29) is 18.1 Å². The molecule has 4 heteroatoms. The van der Waals surface area contributed by atoms with Gasteiger partial charge in [-0.3, -0.25) is 0 Å². The summed E-state index contributed by atoms with van der Waals surface area (Å²) in [4.78, 5) is 14.1. The van der Waals surface area contributed by atoms with E-state index >= 15 is 0 Å². The molecule has 1 aromatic rings. The topological polar surface area (TPSA) is 49.8 Å². The third-order valence-corrected chi connectivity index (χ3v) is 4.66. The molecule has 1 saturated heterocycles. The maximum Gasteiger partial charge on any atom is 0.410 e. The fourth-order valence-corrected chi connectivity index (χ4v) is 3.41. The van der Waals surface area contributed by atoms with Gasteiger partial charge in [0.05, 0.1) is 6.61 Å². The molecule has 4 nitrogen and oxygen atoms in total. The minimum Gasteiger partial charge on any atom is -0.444 e. The van der Waals surface area contributed by atoms with Gasteiger partial charge in [0, 0.05) is 18.5 Å². The van der Waals surface area contributed by atoms with E-state index < -0.39 is 5.60 Å². The first kappa shape index (κ1) is 18.8. The molecule has 0 spiro atoms. The Balaban J connectivity index is 1.91. The Kier molecular flexibility index (Phi) is 6.27. The standard InChI is InChI=1S/C20H31NO3/c1-19(2,3)24-18(23)21-14-8-13-20(15-21,16-22)12-7-11-17-9-5-4-6-10-17/h4-6,9-10,22H,7-8,11-16H2,1-3H3. The fraction of sp³-hybridized carbons (Fsp3) is 0.650. The average molecular weight is 333 g/mol. The summed E-state index contributed by atoms with van der Waals surface area (Å²) in [5.41, 5.74) is 0.651. The van der Waals surface area contributed by atoms with E-state index in [0.717, 1.165) is 38.6 Å². The van der Waals surface area contributed by atoms with Crippen molar-refractivity contribution >= 4 is 6.09 Å². The van der Waals surface area contributed by atoms with Crippen LogP contribution in [0.2, 0.25) is 0 Å². The first-order chi connectivity index (χ1) is 11.3. The number of amides is 1. The zero-order valence-electron chi connectivity index (χ0n) is 15.3. The van der Waals surface area contributed by atoms with E-state index in [1.807, 2.05) is 26.8 Å². The van der Waals surface area contributed by atoms with Gasteiger partial charge in [-0.1, -0.05) is 30.3 Å². The van der Waals surface area contributed by atoms with Gasteiger partial charge in [0.15, 0.2) is 0 Å². The van der Waals surface area contributed by atoms with Crippen LogP contribution in [0, 0.1) is 5.41 Å². The molecule has 1 fully saturated rings. The largest absolute Gasteiger partial charge is 0.444 e. The predicted molar refractivity (Wildman–Crippen MR) is 95.9 cm³/mol. The van der Waals surface area contributed by atoms with Crippen molar-refractivity contribution in [3.05, 3.63) is 35.9 Å².